The SMILES string of the molecule is C=CCC1(C(=O)N[C@H]2CCN(c3ccccc3)C2)CCC1. The highest BCUT2D eigenvalue weighted by Gasteiger charge is 2.43. The van der Waals surface area contributed by atoms with Gasteiger partial charge in [0.2, 0.25) is 5.91 Å². The second-order valence-electron chi connectivity index (χ2n) is 6.37. The maximum Gasteiger partial charge on any atom is 0.226 e. The largest absolute Gasteiger partial charge is 0.369 e. The minimum absolute atomic E-state index is 0.151. The van der Waals surface area contributed by atoms with Crippen LogP contribution in [0.15, 0.2) is 43.0 Å². The van der Waals surface area contributed by atoms with Crippen LogP contribution in [0, 0.1) is 5.41 Å². The number of allylic oxidation sites excluding steroid dienone is 1. The first kappa shape index (κ1) is 14.2. The Kier molecular flexibility index (Phi) is 4.00. The maximum absolute atomic E-state index is 12.6. The summed E-state index contributed by atoms with van der Waals surface area (Å²) in [6.45, 7) is 5.74. The zero-order valence-corrected chi connectivity index (χ0v) is 12.6. The predicted molar refractivity (Wildman–Crippen MR) is 86.3 cm³/mol. The molecule has 1 aliphatic carbocycles. The zero-order valence-electron chi connectivity index (χ0n) is 12.6. The van der Waals surface area contributed by atoms with Crippen LogP contribution >= 0.6 is 0 Å². The van der Waals surface area contributed by atoms with Crippen molar-refractivity contribution < 1.29 is 4.79 Å². The average molecular weight is 284 g/mol. The molecule has 0 bridgehead atoms. The molecule has 1 atom stereocenters. The van der Waals surface area contributed by atoms with E-state index in [1.807, 2.05) is 12.1 Å². The molecule has 1 aromatic carbocycles. The van der Waals surface area contributed by atoms with Crippen molar-refractivity contribution in [3.8, 4) is 0 Å². The Hall–Kier alpha value is -1.77. The number of hydrogen-bond donors (Lipinski definition) is 1. The minimum Gasteiger partial charge on any atom is -0.369 e. The lowest BCUT2D eigenvalue weighted by atomic mass is 9.66. The fraction of sp³-hybridized carbons (Fsp3) is 0.500. The molecule has 3 rings (SSSR count). The summed E-state index contributed by atoms with van der Waals surface area (Å²) in [5.41, 5.74) is 1.10. The van der Waals surface area contributed by atoms with Crippen LogP contribution in [-0.2, 0) is 4.79 Å². The Morgan fingerprint density at radius 2 is 2.14 bits per heavy atom. The standard InChI is InChI=1S/C18H24N2O/c1-2-10-18(11-6-12-18)17(21)19-15-9-13-20(14-15)16-7-4-3-5-8-16/h2-5,7-8,15H,1,6,9-14H2,(H,19,21)/t15-/m0/s1. The van der Waals surface area contributed by atoms with Gasteiger partial charge < -0.3 is 10.2 Å². The Bertz CT molecular complexity index is 507. The van der Waals surface area contributed by atoms with Crippen LogP contribution in [-0.4, -0.2) is 25.0 Å². The molecule has 2 fully saturated rings. The Balaban J connectivity index is 1.57. The number of rotatable bonds is 5. The van der Waals surface area contributed by atoms with Crippen LogP contribution in [0.25, 0.3) is 0 Å². The van der Waals surface area contributed by atoms with Gasteiger partial charge in [-0.3, -0.25) is 4.79 Å². The van der Waals surface area contributed by atoms with E-state index in [4.69, 9.17) is 0 Å². The van der Waals surface area contributed by atoms with Crippen molar-refractivity contribution in [3.05, 3.63) is 43.0 Å². The smallest absolute Gasteiger partial charge is 0.226 e. The molecule has 112 valence electrons. The van der Waals surface area contributed by atoms with Gasteiger partial charge in [0.05, 0.1) is 5.41 Å². The number of carbonyl (C=O) groups is 1. The van der Waals surface area contributed by atoms with E-state index >= 15 is 0 Å². The monoisotopic (exact) mass is 284 g/mol. The number of hydrogen-bond acceptors (Lipinski definition) is 2. The number of anilines is 1. The number of amides is 1. The van der Waals surface area contributed by atoms with Crippen molar-refractivity contribution in [2.45, 2.75) is 38.1 Å². The van der Waals surface area contributed by atoms with E-state index in [1.165, 1.54) is 12.1 Å². The number of para-hydroxylation sites is 1. The predicted octanol–water partition coefficient (Wildman–Crippen LogP) is 3.13. The third-order valence-corrected chi connectivity index (χ3v) is 4.97. The first-order chi connectivity index (χ1) is 10.2. The molecule has 1 aromatic rings. The van der Waals surface area contributed by atoms with Crippen LogP contribution in [0.1, 0.15) is 32.1 Å². The summed E-state index contributed by atoms with van der Waals surface area (Å²) in [4.78, 5) is 14.9. The molecule has 1 aliphatic heterocycles. The molecular formula is C18H24N2O. The molecule has 1 heterocycles. The molecule has 1 saturated heterocycles. The molecule has 0 aromatic heterocycles. The lowest BCUT2D eigenvalue weighted by Gasteiger charge is -2.40. The van der Waals surface area contributed by atoms with Gasteiger partial charge >= 0.3 is 0 Å². The summed E-state index contributed by atoms with van der Waals surface area (Å²) in [7, 11) is 0. The first-order valence-electron chi connectivity index (χ1n) is 7.95. The van der Waals surface area contributed by atoms with Gasteiger partial charge in [-0.05, 0) is 37.8 Å². The van der Waals surface area contributed by atoms with Gasteiger partial charge in [0.25, 0.3) is 0 Å². The maximum atomic E-state index is 12.6. The fourth-order valence-corrected chi connectivity index (χ4v) is 3.49. The molecule has 2 aliphatic rings. The van der Waals surface area contributed by atoms with Gasteiger partial charge in [0.1, 0.15) is 0 Å². The van der Waals surface area contributed by atoms with Crippen LogP contribution in [0.3, 0.4) is 0 Å². The van der Waals surface area contributed by atoms with Crippen LogP contribution in [0.5, 0.6) is 0 Å². The van der Waals surface area contributed by atoms with Crippen molar-refractivity contribution in [1.29, 1.82) is 0 Å². The highest BCUT2D eigenvalue weighted by Crippen LogP contribution is 2.44. The zero-order chi connectivity index (χ0) is 14.7. The van der Waals surface area contributed by atoms with E-state index in [0.29, 0.717) is 0 Å². The molecule has 21 heavy (non-hydrogen) atoms. The van der Waals surface area contributed by atoms with Gasteiger partial charge in [0.15, 0.2) is 0 Å². The molecule has 1 amide bonds. The number of benzene rings is 1. The highest BCUT2D eigenvalue weighted by atomic mass is 16.2. The van der Waals surface area contributed by atoms with Gasteiger partial charge in [-0.15, -0.1) is 6.58 Å². The van der Waals surface area contributed by atoms with Crippen molar-refractivity contribution >= 4 is 11.6 Å². The molecule has 1 N–H and O–H groups in total. The van der Waals surface area contributed by atoms with E-state index in [-0.39, 0.29) is 17.4 Å². The molecule has 3 nitrogen and oxygen atoms in total. The summed E-state index contributed by atoms with van der Waals surface area (Å²) in [6.07, 6.45) is 6.93. The van der Waals surface area contributed by atoms with Crippen LogP contribution in [0.2, 0.25) is 0 Å². The third kappa shape index (κ3) is 2.82. The van der Waals surface area contributed by atoms with Gasteiger partial charge in [-0.1, -0.05) is 30.7 Å². The van der Waals surface area contributed by atoms with Gasteiger partial charge in [-0.25, -0.2) is 0 Å². The van der Waals surface area contributed by atoms with Crippen molar-refractivity contribution in [3.63, 3.8) is 0 Å². The molecular weight excluding hydrogens is 260 g/mol. The summed E-state index contributed by atoms with van der Waals surface area (Å²) in [5.74, 6) is 0.244. The van der Waals surface area contributed by atoms with Gasteiger partial charge in [0, 0.05) is 24.8 Å². The molecule has 3 heteroatoms. The fourth-order valence-electron chi connectivity index (χ4n) is 3.49. The van der Waals surface area contributed by atoms with E-state index in [9.17, 15) is 4.79 Å². The average Bonchev–Trinajstić information content (AvgIpc) is 2.92. The van der Waals surface area contributed by atoms with E-state index < -0.39 is 0 Å². The van der Waals surface area contributed by atoms with Crippen molar-refractivity contribution in [1.82, 2.24) is 5.32 Å². The Morgan fingerprint density at radius 1 is 1.38 bits per heavy atom. The number of nitrogens with one attached hydrogen (secondary N) is 1. The molecule has 1 saturated carbocycles. The normalized spacial score (nSPS) is 23.4. The topological polar surface area (TPSA) is 32.3 Å². The van der Waals surface area contributed by atoms with Crippen molar-refractivity contribution in [2.24, 2.45) is 5.41 Å². The molecule has 0 radical (unpaired) electrons. The summed E-state index contributed by atoms with van der Waals surface area (Å²) in [6, 6.07) is 10.7. The van der Waals surface area contributed by atoms with Crippen LogP contribution < -0.4 is 10.2 Å². The van der Waals surface area contributed by atoms with Crippen molar-refractivity contribution in [2.75, 3.05) is 18.0 Å². The van der Waals surface area contributed by atoms with Crippen LogP contribution in [0.4, 0.5) is 5.69 Å². The minimum atomic E-state index is -0.151. The second kappa shape index (κ2) is 5.92. The van der Waals surface area contributed by atoms with E-state index in [0.717, 1.165) is 38.8 Å². The number of carbonyl (C=O) groups excluding carboxylic acids is 1. The van der Waals surface area contributed by atoms with E-state index in [1.54, 1.807) is 0 Å². The number of nitrogens with zero attached hydrogens (tertiary/aromatic N) is 1. The lowest BCUT2D eigenvalue weighted by Crippen LogP contribution is -2.49. The highest BCUT2D eigenvalue weighted by molar-refractivity contribution is 5.84. The third-order valence-electron chi connectivity index (χ3n) is 4.97. The summed E-state index contributed by atoms with van der Waals surface area (Å²) < 4.78 is 0. The lowest BCUT2D eigenvalue weighted by molar-refractivity contribution is -0.136. The molecule has 0 spiro atoms. The first-order valence-corrected chi connectivity index (χ1v) is 7.95. The Labute approximate surface area is 127 Å². The van der Waals surface area contributed by atoms with Gasteiger partial charge in [-0.2, -0.15) is 0 Å². The molecule has 0 unspecified atom stereocenters. The quantitative estimate of drug-likeness (QED) is 0.843. The second-order valence-corrected chi connectivity index (χ2v) is 6.37. The Morgan fingerprint density at radius 3 is 2.76 bits per heavy atom. The van der Waals surface area contributed by atoms with E-state index in [2.05, 4.69) is 41.1 Å². The summed E-state index contributed by atoms with van der Waals surface area (Å²) in [5, 5.41) is 3.28. The summed E-state index contributed by atoms with van der Waals surface area (Å²) >= 11 is 0.